The number of thiophene rings is 1. The molecule has 0 aliphatic carbocycles. The van der Waals surface area contributed by atoms with Crippen molar-refractivity contribution in [2.45, 2.75) is 26.7 Å². The molecule has 0 N–H and O–H groups in total. The highest BCUT2D eigenvalue weighted by Crippen LogP contribution is 2.22. The van der Waals surface area contributed by atoms with E-state index in [1.807, 2.05) is 19.9 Å². The van der Waals surface area contributed by atoms with Crippen LogP contribution in [0.25, 0.3) is 0 Å². The number of hydrogen-bond donors (Lipinski definition) is 0. The van der Waals surface area contributed by atoms with E-state index in [9.17, 15) is 4.79 Å². The fourth-order valence-electron chi connectivity index (χ4n) is 1.07. The molecule has 1 heterocycles. The first-order valence-electron chi connectivity index (χ1n) is 4.36. The third kappa shape index (κ3) is 2.52. The lowest BCUT2D eigenvalue weighted by Gasteiger charge is -1.92. The molecule has 1 aromatic rings. The van der Waals surface area contributed by atoms with Gasteiger partial charge in [-0.1, -0.05) is 6.08 Å². The van der Waals surface area contributed by atoms with Crippen molar-refractivity contribution < 1.29 is 4.79 Å². The van der Waals surface area contributed by atoms with Crippen LogP contribution in [0.3, 0.4) is 0 Å². The highest BCUT2D eigenvalue weighted by Gasteiger charge is 2.08. The maximum Gasteiger partial charge on any atom is 0.173 e. The van der Waals surface area contributed by atoms with Crippen LogP contribution < -0.4 is 0 Å². The second-order valence-corrected chi connectivity index (χ2v) is 4.36. The molecule has 0 atom stereocenters. The number of rotatable bonds is 4. The molecule has 0 aliphatic heterocycles. The van der Waals surface area contributed by atoms with Gasteiger partial charge in [-0.3, -0.25) is 4.79 Å². The van der Waals surface area contributed by atoms with Gasteiger partial charge < -0.3 is 0 Å². The summed E-state index contributed by atoms with van der Waals surface area (Å²) in [6.07, 6.45) is 3.14. The van der Waals surface area contributed by atoms with Crippen LogP contribution in [0.5, 0.6) is 0 Å². The van der Waals surface area contributed by atoms with Gasteiger partial charge in [0.1, 0.15) is 0 Å². The van der Waals surface area contributed by atoms with Gasteiger partial charge in [-0.25, -0.2) is 0 Å². The Hall–Kier alpha value is -0.890. The standard InChI is InChI=1S/C11H14OS/c1-4-5-6-10(12)11-7-8(2)9(3)13-11/h4,7H,1,5-6H2,2-3H3. The summed E-state index contributed by atoms with van der Waals surface area (Å²) in [6.45, 7) is 7.68. The molecule has 0 spiro atoms. The minimum atomic E-state index is 0.237. The summed E-state index contributed by atoms with van der Waals surface area (Å²) in [5.74, 6) is 0.237. The third-order valence-electron chi connectivity index (χ3n) is 2.02. The summed E-state index contributed by atoms with van der Waals surface area (Å²) in [5.41, 5.74) is 1.21. The molecule has 1 aromatic heterocycles. The quantitative estimate of drug-likeness (QED) is 0.529. The molecular weight excluding hydrogens is 180 g/mol. The predicted octanol–water partition coefficient (Wildman–Crippen LogP) is 3.51. The molecule has 1 rings (SSSR count). The highest BCUT2D eigenvalue weighted by molar-refractivity contribution is 7.14. The van der Waals surface area contributed by atoms with Gasteiger partial charge in [0.15, 0.2) is 5.78 Å². The Kier molecular flexibility index (Phi) is 3.43. The Morgan fingerprint density at radius 2 is 2.31 bits per heavy atom. The van der Waals surface area contributed by atoms with Gasteiger partial charge in [0.25, 0.3) is 0 Å². The van der Waals surface area contributed by atoms with Crippen LogP contribution in [0.1, 0.15) is 33.0 Å². The molecular formula is C11H14OS. The van der Waals surface area contributed by atoms with Gasteiger partial charge in [0.05, 0.1) is 4.88 Å². The van der Waals surface area contributed by atoms with E-state index in [1.165, 1.54) is 10.4 Å². The summed E-state index contributed by atoms with van der Waals surface area (Å²) < 4.78 is 0. The Labute approximate surface area is 83.1 Å². The van der Waals surface area contributed by atoms with Crippen LogP contribution in [-0.4, -0.2) is 5.78 Å². The second kappa shape index (κ2) is 4.38. The number of ketones is 1. The molecule has 0 aliphatic rings. The van der Waals surface area contributed by atoms with E-state index in [4.69, 9.17) is 0 Å². The fourth-order valence-corrected chi connectivity index (χ4v) is 2.07. The average Bonchev–Trinajstić information content (AvgIpc) is 2.43. The van der Waals surface area contributed by atoms with Crippen LogP contribution in [0.4, 0.5) is 0 Å². The van der Waals surface area contributed by atoms with E-state index < -0.39 is 0 Å². The van der Waals surface area contributed by atoms with Crippen molar-refractivity contribution in [3.8, 4) is 0 Å². The molecule has 70 valence electrons. The van der Waals surface area contributed by atoms with Crippen LogP contribution in [0, 0.1) is 13.8 Å². The van der Waals surface area contributed by atoms with Crippen LogP contribution in [0.2, 0.25) is 0 Å². The van der Waals surface area contributed by atoms with Crippen LogP contribution in [-0.2, 0) is 0 Å². The molecule has 0 amide bonds. The normalized spacial score (nSPS) is 10.0. The zero-order valence-corrected chi connectivity index (χ0v) is 8.91. The third-order valence-corrected chi connectivity index (χ3v) is 3.21. The molecule has 0 bridgehead atoms. The highest BCUT2D eigenvalue weighted by atomic mass is 32.1. The molecule has 0 aromatic carbocycles. The van der Waals surface area contributed by atoms with Crippen LogP contribution >= 0.6 is 11.3 Å². The number of allylic oxidation sites excluding steroid dienone is 1. The van der Waals surface area contributed by atoms with Gasteiger partial charge >= 0.3 is 0 Å². The Morgan fingerprint density at radius 1 is 1.62 bits per heavy atom. The van der Waals surface area contributed by atoms with Crippen molar-refractivity contribution in [1.82, 2.24) is 0 Å². The Bertz CT molecular complexity index is 303. The van der Waals surface area contributed by atoms with Gasteiger partial charge in [-0.2, -0.15) is 0 Å². The van der Waals surface area contributed by atoms with E-state index in [2.05, 4.69) is 6.58 Å². The lowest BCUT2D eigenvalue weighted by atomic mass is 10.2. The maximum atomic E-state index is 11.5. The van der Waals surface area contributed by atoms with E-state index in [-0.39, 0.29) is 5.78 Å². The zero-order chi connectivity index (χ0) is 9.84. The van der Waals surface area contributed by atoms with E-state index in [0.29, 0.717) is 6.42 Å². The predicted molar refractivity (Wildman–Crippen MR) is 57.6 cm³/mol. The van der Waals surface area contributed by atoms with Crippen molar-refractivity contribution >= 4 is 17.1 Å². The van der Waals surface area contributed by atoms with E-state index >= 15 is 0 Å². The Balaban J connectivity index is 2.71. The van der Waals surface area contributed by atoms with Crippen molar-refractivity contribution in [1.29, 1.82) is 0 Å². The topological polar surface area (TPSA) is 17.1 Å². The molecule has 1 nitrogen and oxygen atoms in total. The minimum Gasteiger partial charge on any atom is -0.293 e. The molecule has 0 saturated carbocycles. The number of Topliss-reactive ketones (excluding diaryl/α,β-unsaturated/α-hetero) is 1. The molecule has 0 fully saturated rings. The summed E-state index contributed by atoms with van der Waals surface area (Å²) >= 11 is 1.59. The SMILES string of the molecule is C=CCCC(=O)c1cc(C)c(C)s1. The minimum absolute atomic E-state index is 0.237. The average molecular weight is 194 g/mol. The van der Waals surface area contributed by atoms with Gasteiger partial charge in [0, 0.05) is 11.3 Å². The van der Waals surface area contributed by atoms with Crippen molar-refractivity contribution in [2.24, 2.45) is 0 Å². The number of aryl methyl sites for hydroxylation is 2. The summed E-state index contributed by atoms with van der Waals surface area (Å²) in [7, 11) is 0. The number of hydrogen-bond acceptors (Lipinski definition) is 2. The van der Waals surface area contributed by atoms with Crippen molar-refractivity contribution in [2.75, 3.05) is 0 Å². The number of carbonyl (C=O) groups excluding carboxylic acids is 1. The number of carbonyl (C=O) groups is 1. The van der Waals surface area contributed by atoms with Crippen LogP contribution in [0.15, 0.2) is 18.7 Å². The van der Waals surface area contributed by atoms with Gasteiger partial charge in [-0.05, 0) is 31.9 Å². The first kappa shape index (κ1) is 10.2. The van der Waals surface area contributed by atoms with Gasteiger partial charge in [0.2, 0.25) is 0 Å². The fraction of sp³-hybridized carbons (Fsp3) is 0.364. The first-order chi connectivity index (χ1) is 6.15. The molecule has 0 unspecified atom stereocenters. The molecule has 13 heavy (non-hydrogen) atoms. The monoisotopic (exact) mass is 194 g/mol. The first-order valence-corrected chi connectivity index (χ1v) is 5.18. The molecule has 0 radical (unpaired) electrons. The maximum absolute atomic E-state index is 11.5. The Morgan fingerprint density at radius 3 is 2.77 bits per heavy atom. The summed E-state index contributed by atoms with van der Waals surface area (Å²) in [6, 6.07) is 1.98. The lowest BCUT2D eigenvalue weighted by Crippen LogP contribution is -1.93. The largest absolute Gasteiger partial charge is 0.293 e. The lowest BCUT2D eigenvalue weighted by molar-refractivity contribution is 0.0987. The van der Waals surface area contributed by atoms with Crippen molar-refractivity contribution in [3.05, 3.63) is 34.0 Å². The van der Waals surface area contributed by atoms with E-state index in [1.54, 1.807) is 17.4 Å². The van der Waals surface area contributed by atoms with E-state index in [0.717, 1.165) is 11.3 Å². The summed E-state index contributed by atoms with van der Waals surface area (Å²) in [4.78, 5) is 13.7. The van der Waals surface area contributed by atoms with Crippen molar-refractivity contribution in [3.63, 3.8) is 0 Å². The summed E-state index contributed by atoms with van der Waals surface area (Å²) in [5, 5.41) is 0. The smallest absolute Gasteiger partial charge is 0.173 e. The van der Waals surface area contributed by atoms with Gasteiger partial charge in [-0.15, -0.1) is 17.9 Å². The second-order valence-electron chi connectivity index (χ2n) is 3.10. The zero-order valence-electron chi connectivity index (χ0n) is 8.09. The molecule has 0 saturated heterocycles. The molecule has 2 heteroatoms.